The van der Waals surface area contributed by atoms with E-state index < -0.39 is 10.0 Å². The minimum atomic E-state index is -3.39. The van der Waals surface area contributed by atoms with Crippen LogP contribution < -0.4 is 10.6 Å². The van der Waals surface area contributed by atoms with E-state index >= 15 is 0 Å². The monoisotopic (exact) mass is 301 g/mol. The van der Waals surface area contributed by atoms with Crippen LogP contribution in [0, 0.1) is 0 Å². The first kappa shape index (κ1) is 15.9. The number of thiocarbonyl (C=S) groups is 1. The van der Waals surface area contributed by atoms with E-state index in [2.05, 4.69) is 10.6 Å². The molecule has 0 bridgehead atoms. The molecule has 0 saturated heterocycles. The minimum absolute atomic E-state index is 0.289. The van der Waals surface area contributed by atoms with Crippen molar-refractivity contribution in [2.24, 2.45) is 0 Å². The van der Waals surface area contributed by atoms with Crippen molar-refractivity contribution in [3.63, 3.8) is 0 Å². The van der Waals surface area contributed by atoms with Crippen molar-refractivity contribution in [2.75, 3.05) is 25.5 Å². The number of anilines is 1. The normalized spacial score (nSPS) is 11.4. The van der Waals surface area contributed by atoms with E-state index in [0.717, 1.165) is 5.69 Å². The first-order chi connectivity index (χ1) is 8.95. The first-order valence-electron chi connectivity index (χ1n) is 6.04. The van der Waals surface area contributed by atoms with Gasteiger partial charge in [-0.3, -0.25) is 0 Å². The zero-order valence-electron chi connectivity index (χ0n) is 11.3. The standard InChI is InChI=1S/C12H19N3O2S2/c1-4-15(5-2)19(16,17)11-8-6-10(7-9-11)14-12(18)13-3/h6-9H,4-5H2,1-3H3,(H2,13,14,18). The number of hydrogen-bond acceptors (Lipinski definition) is 3. The lowest BCUT2D eigenvalue weighted by Gasteiger charge is -2.18. The summed E-state index contributed by atoms with van der Waals surface area (Å²) in [7, 11) is -1.68. The molecule has 0 aromatic heterocycles. The lowest BCUT2D eigenvalue weighted by atomic mass is 10.3. The summed E-state index contributed by atoms with van der Waals surface area (Å²) in [6, 6.07) is 6.54. The summed E-state index contributed by atoms with van der Waals surface area (Å²) < 4.78 is 25.9. The van der Waals surface area contributed by atoms with Crippen molar-refractivity contribution in [1.29, 1.82) is 0 Å². The van der Waals surface area contributed by atoms with Crippen LogP contribution in [0.5, 0.6) is 0 Å². The molecule has 1 rings (SSSR count). The maximum Gasteiger partial charge on any atom is 0.243 e. The van der Waals surface area contributed by atoms with Gasteiger partial charge in [-0.2, -0.15) is 4.31 Å². The number of benzene rings is 1. The maximum absolute atomic E-state index is 12.3. The second-order valence-corrected chi connectivity index (χ2v) is 6.16. The summed E-state index contributed by atoms with van der Waals surface area (Å²) in [4.78, 5) is 0.289. The van der Waals surface area contributed by atoms with Crippen LogP contribution in [-0.4, -0.2) is 38.0 Å². The second kappa shape index (κ2) is 6.83. The summed E-state index contributed by atoms with van der Waals surface area (Å²) in [6.07, 6.45) is 0. The van der Waals surface area contributed by atoms with Crippen LogP contribution in [0.4, 0.5) is 5.69 Å². The van der Waals surface area contributed by atoms with Crippen LogP contribution in [0.25, 0.3) is 0 Å². The Morgan fingerprint density at radius 2 is 1.74 bits per heavy atom. The Hall–Kier alpha value is -1.18. The first-order valence-corrected chi connectivity index (χ1v) is 7.89. The van der Waals surface area contributed by atoms with Gasteiger partial charge >= 0.3 is 0 Å². The number of sulfonamides is 1. The molecule has 2 N–H and O–H groups in total. The third-order valence-electron chi connectivity index (χ3n) is 2.68. The Balaban J connectivity index is 2.95. The van der Waals surface area contributed by atoms with Crippen molar-refractivity contribution in [3.05, 3.63) is 24.3 Å². The van der Waals surface area contributed by atoms with Gasteiger partial charge in [0.05, 0.1) is 4.90 Å². The maximum atomic E-state index is 12.3. The fourth-order valence-corrected chi connectivity index (χ4v) is 3.19. The fourth-order valence-electron chi connectivity index (χ4n) is 1.62. The van der Waals surface area contributed by atoms with E-state index in [9.17, 15) is 8.42 Å². The lowest BCUT2D eigenvalue weighted by molar-refractivity contribution is 0.445. The quantitative estimate of drug-likeness (QED) is 0.810. The van der Waals surface area contributed by atoms with E-state index in [1.54, 1.807) is 31.3 Å². The number of rotatable bonds is 5. The third-order valence-corrected chi connectivity index (χ3v) is 5.05. The molecule has 0 unspecified atom stereocenters. The van der Waals surface area contributed by atoms with Gasteiger partial charge in [0.25, 0.3) is 0 Å². The molecular formula is C12H19N3O2S2. The van der Waals surface area contributed by atoms with Crippen LogP contribution in [-0.2, 0) is 10.0 Å². The smallest absolute Gasteiger partial charge is 0.243 e. The molecule has 5 nitrogen and oxygen atoms in total. The molecule has 0 aliphatic carbocycles. The molecule has 0 fully saturated rings. The molecule has 1 aromatic rings. The van der Waals surface area contributed by atoms with Gasteiger partial charge in [0.2, 0.25) is 10.0 Å². The van der Waals surface area contributed by atoms with Gasteiger partial charge in [0.1, 0.15) is 0 Å². The average molecular weight is 301 g/mol. The molecule has 0 spiro atoms. The van der Waals surface area contributed by atoms with Gasteiger partial charge in [-0.25, -0.2) is 8.42 Å². The zero-order chi connectivity index (χ0) is 14.5. The van der Waals surface area contributed by atoms with Crippen molar-refractivity contribution >= 4 is 33.0 Å². The van der Waals surface area contributed by atoms with E-state index in [1.165, 1.54) is 4.31 Å². The van der Waals surface area contributed by atoms with Crippen molar-refractivity contribution in [1.82, 2.24) is 9.62 Å². The Morgan fingerprint density at radius 1 is 1.21 bits per heavy atom. The number of hydrogen-bond donors (Lipinski definition) is 2. The molecule has 19 heavy (non-hydrogen) atoms. The zero-order valence-corrected chi connectivity index (χ0v) is 12.9. The highest BCUT2D eigenvalue weighted by molar-refractivity contribution is 7.89. The predicted octanol–water partition coefficient (Wildman–Crippen LogP) is 1.63. The molecule has 0 atom stereocenters. The molecular weight excluding hydrogens is 282 g/mol. The number of nitrogens with one attached hydrogen (secondary N) is 2. The van der Waals surface area contributed by atoms with E-state index in [4.69, 9.17) is 12.2 Å². The summed E-state index contributed by atoms with van der Waals surface area (Å²) in [5, 5.41) is 6.21. The molecule has 0 aliphatic heterocycles. The van der Waals surface area contributed by atoms with Gasteiger partial charge in [-0.15, -0.1) is 0 Å². The predicted molar refractivity (Wildman–Crippen MR) is 81.8 cm³/mol. The molecule has 0 radical (unpaired) electrons. The largest absolute Gasteiger partial charge is 0.366 e. The van der Waals surface area contributed by atoms with E-state index in [1.807, 2.05) is 13.8 Å². The highest BCUT2D eigenvalue weighted by atomic mass is 32.2. The Bertz CT molecular complexity index is 522. The van der Waals surface area contributed by atoms with Gasteiger partial charge in [0.15, 0.2) is 5.11 Å². The van der Waals surface area contributed by atoms with E-state index in [-0.39, 0.29) is 4.90 Å². The minimum Gasteiger partial charge on any atom is -0.366 e. The molecule has 106 valence electrons. The van der Waals surface area contributed by atoms with Crippen LogP contribution >= 0.6 is 12.2 Å². The summed E-state index contributed by atoms with van der Waals surface area (Å²) in [5.74, 6) is 0. The molecule has 0 saturated carbocycles. The third kappa shape index (κ3) is 3.89. The van der Waals surface area contributed by atoms with Crippen molar-refractivity contribution in [3.8, 4) is 0 Å². The van der Waals surface area contributed by atoms with Gasteiger partial charge in [-0.05, 0) is 36.5 Å². The van der Waals surface area contributed by atoms with Crippen molar-refractivity contribution < 1.29 is 8.42 Å². The lowest BCUT2D eigenvalue weighted by Crippen LogP contribution is -2.30. The highest BCUT2D eigenvalue weighted by Gasteiger charge is 2.21. The summed E-state index contributed by atoms with van der Waals surface area (Å²) in [5.41, 5.74) is 0.748. The topological polar surface area (TPSA) is 61.4 Å². The number of nitrogens with zero attached hydrogens (tertiary/aromatic N) is 1. The summed E-state index contributed by atoms with van der Waals surface area (Å²) >= 11 is 4.97. The SMILES string of the molecule is CCN(CC)S(=O)(=O)c1ccc(NC(=S)NC)cc1. The fraction of sp³-hybridized carbons (Fsp3) is 0.417. The Labute approximate surface area is 120 Å². The molecule has 7 heteroatoms. The van der Waals surface area contributed by atoms with Crippen LogP contribution in [0.15, 0.2) is 29.2 Å². The molecule has 0 heterocycles. The highest BCUT2D eigenvalue weighted by Crippen LogP contribution is 2.18. The summed E-state index contributed by atoms with van der Waals surface area (Å²) in [6.45, 7) is 4.57. The van der Waals surface area contributed by atoms with Gasteiger partial charge < -0.3 is 10.6 Å². The second-order valence-electron chi connectivity index (χ2n) is 3.82. The van der Waals surface area contributed by atoms with Crippen molar-refractivity contribution in [2.45, 2.75) is 18.7 Å². The Morgan fingerprint density at radius 3 is 2.16 bits per heavy atom. The average Bonchev–Trinajstić information content (AvgIpc) is 2.40. The Kier molecular flexibility index (Phi) is 5.71. The van der Waals surface area contributed by atoms with Gasteiger partial charge in [-0.1, -0.05) is 13.8 Å². The van der Waals surface area contributed by atoms with Crippen LogP contribution in [0.1, 0.15) is 13.8 Å². The molecule has 0 amide bonds. The molecule has 1 aromatic carbocycles. The van der Waals surface area contributed by atoms with Gasteiger partial charge in [0, 0.05) is 25.8 Å². The van der Waals surface area contributed by atoms with Crippen LogP contribution in [0.2, 0.25) is 0 Å². The van der Waals surface area contributed by atoms with Crippen LogP contribution in [0.3, 0.4) is 0 Å². The molecule has 0 aliphatic rings. The van der Waals surface area contributed by atoms with E-state index in [0.29, 0.717) is 18.2 Å².